The maximum atomic E-state index is 5.36. The number of para-hydroxylation sites is 1. The summed E-state index contributed by atoms with van der Waals surface area (Å²) in [6, 6.07) is 8.76. The number of benzene rings is 1. The van der Waals surface area contributed by atoms with E-state index in [2.05, 4.69) is 21.6 Å². The summed E-state index contributed by atoms with van der Waals surface area (Å²) in [7, 11) is 1.70. The molecule has 0 atom stereocenters. The molecule has 19 heavy (non-hydrogen) atoms. The van der Waals surface area contributed by atoms with Gasteiger partial charge in [-0.1, -0.05) is 29.5 Å². The maximum Gasteiger partial charge on any atom is 0.131 e. The quantitative estimate of drug-likeness (QED) is 0.879. The molecule has 1 aliphatic rings. The van der Waals surface area contributed by atoms with Crippen LogP contribution in [0.5, 0.6) is 5.75 Å². The fraction of sp³-hybridized carbons (Fsp3) is 0.429. The Labute approximate surface area is 116 Å². The minimum absolute atomic E-state index is 0.710. The summed E-state index contributed by atoms with van der Waals surface area (Å²) in [5, 5.41) is 14.1. The van der Waals surface area contributed by atoms with Crippen LogP contribution in [-0.2, 0) is 13.0 Å². The summed E-state index contributed by atoms with van der Waals surface area (Å²) in [5.41, 5.74) is 1.16. The molecule has 5 heteroatoms. The van der Waals surface area contributed by atoms with Crippen LogP contribution in [0, 0.1) is 0 Å². The average molecular weight is 275 g/mol. The van der Waals surface area contributed by atoms with Gasteiger partial charge in [0.15, 0.2) is 0 Å². The number of aromatic nitrogens is 2. The first-order valence-electron chi connectivity index (χ1n) is 6.51. The van der Waals surface area contributed by atoms with Crippen LogP contribution in [0.1, 0.15) is 28.4 Å². The van der Waals surface area contributed by atoms with Crippen LogP contribution in [0.4, 0.5) is 0 Å². The second-order valence-electron chi connectivity index (χ2n) is 4.73. The molecule has 0 aliphatic heterocycles. The lowest BCUT2D eigenvalue weighted by atomic mass is 10.1. The van der Waals surface area contributed by atoms with Crippen LogP contribution in [0.25, 0.3) is 0 Å². The van der Waals surface area contributed by atoms with Gasteiger partial charge < -0.3 is 10.1 Å². The van der Waals surface area contributed by atoms with Gasteiger partial charge in [0.2, 0.25) is 0 Å². The molecule has 0 saturated heterocycles. The normalized spacial score (nSPS) is 14.6. The van der Waals surface area contributed by atoms with Crippen LogP contribution in [0.3, 0.4) is 0 Å². The molecule has 0 amide bonds. The Kier molecular flexibility index (Phi) is 3.75. The van der Waals surface area contributed by atoms with E-state index in [0.29, 0.717) is 6.04 Å². The van der Waals surface area contributed by atoms with E-state index in [1.54, 1.807) is 18.4 Å². The molecule has 1 N–H and O–H groups in total. The second-order valence-corrected chi connectivity index (χ2v) is 5.88. The molecule has 1 heterocycles. The first kappa shape index (κ1) is 12.6. The summed E-state index contributed by atoms with van der Waals surface area (Å²) < 4.78 is 5.36. The Morgan fingerprint density at radius 2 is 2.05 bits per heavy atom. The van der Waals surface area contributed by atoms with E-state index in [4.69, 9.17) is 4.74 Å². The third-order valence-corrected chi connectivity index (χ3v) is 4.09. The largest absolute Gasteiger partial charge is 0.496 e. The van der Waals surface area contributed by atoms with Crippen molar-refractivity contribution in [2.75, 3.05) is 7.11 Å². The molecule has 0 radical (unpaired) electrons. The molecule has 0 unspecified atom stereocenters. The van der Waals surface area contributed by atoms with Gasteiger partial charge in [-0.05, 0) is 18.9 Å². The lowest BCUT2D eigenvalue weighted by Gasteiger charge is -2.05. The lowest BCUT2D eigenvalue weighted by Crippen LogP contribution is -2.14. The summed E-state index contributed by atoms with van der Waals surface area (Å²) in [6.07, 6.45) is 3.38. The van der Waals surface area contributed by atoms with Gasteiger partial charge >= 0.3 is 0 Å². The fourth-order valence-corrected chi connectivity index (χ4v) is 2.78. The molecule has 100 valence electrons. The molecule has 0 spiro atoms. The summed E-state index contributed by atoms with van der Waals surface area (Å²) in [5.74, 6) is 0.912. The molecule has 2 aromatic rings. The highest BCUT2D eigenvalue weighted by atomic mass is 32.1. The average Bonchev–Trinajstić information content (AvgIpc) is 3.17. The van der Waals surface area contributed by atoms with E-state index in [1.807, 2.05) is 18.2 Å². The molecular weight excluding hydrogens is 258 g/mol. The van der Waals surface area contributed by atoms with Gasteiger partial charge in [0.1, 0.15) is 15.8 Å². The Morgan fingerprint density at radius 3 is 2.84 bits per heavy atom. The van der Waals surface area contributed by atoms with E-state index in [9.17, 15) is 0 Å². The molecular formula is C14H17N3OS. The number of nitrogens with zero attached hydrogens (tertiary/aromatic N) is 2. The number of nitrogens with one attached hydrogen (secondary N) is 1. The number of methoxy groups -OCH3 is 1. The lowest BCUT2D eigenvalue weighted by molar-refractivity contribution is 0.410. The Morgan fingerprint density at radius 1 is 1.26 bits per heavy atom. The van der Waals surface area contributed by atoms with Crippen molar-refractivity contribution in [3.63, 3.8) is 0 Å². The van der Waals surface area contributed by atoms with Crippen LogP contribution < -0.4 is 10.1 Å². The van der Waals surface area contributed by atoms with E-state index >= 15 is 0 Å². The van der Waals surface area contributed by atoms with Crippen molar-refractivity contribution in [1.29, 1.82) is 0 Å². The van der Waals surface area contributed by atoms with Crippen molar-refractivity contribution >= 4 is 11.3 Å². The van der Waals surface area contributed by atoms with E-state index in [0.717, 1.165) is 34.3 Å². The SMILES string of the molecule is COc1ccccc1Cc1nnc(CNC2CC2)s1. The van der Waals surface area contributed by atoms with Crippen LogP contribution >= 0.6 is 11.3 Å². The van der Waals surface area contributed by atoms with Crippen molar-refractivity contribution in [2.24, 2.45) is 0 Å². The molecule has 1 aliphatic carbocycles. The molecule has 1 aromatic carbocycles. The first-order chi connectivity index (χ1) is 9.35. The van der Waals surface area contributed by atoms with E-state index < -0.39 is 0 Å². The highest BCUT2D eigenvalue weighted by molar-refractivity contribution is 7.11. The van der Waals surface area contributed by atoms with Crippen molar-refractivity contribution < 1.29 is 4.74 Å². The predicted molar refractivity (Wildman–Crippen MR) is 75.6 cm³/mol. The minimum atomic E-state index is 0.710. The van der Waals surface area contributed by atoms with Gasteiger partial charge in [0, 0.05) is 24.6 Å². The van der Waals surface area contributed by atoms with Crippen molar-refractivity contribution in [1.82, 2.24) is 15.5 Å². The van der Waals surface area contributed by atoms with Crippen LogP contribution in [0.2, 0.25) is 0 Å². The zero-order valence-electron chi connectivity index (χ0n) is 10.9. The monoisotopic (exact) mass is 275 g/mol. The van der Waals surface area contributed by atoms with Crippen LogP contribution in [-0.4, -0.2) is 23.3 Å². The van der Waals surface area contributed by atoms with Gasteiger partial charge in [-0.2, -0.15) is 0 Å². The van der Waals surface area contributed by atoms with Crippen molar-refractivity contribution in [2.45, 2.75) is 31.8 Å². The smallest absolute Gasteiger partial charge is 0.131 e. The molecule has 0 bridgehead atoms. The molecule has 3 rings (SSSR count). The number of hydrogen-bond donors (Lipinski definition) is 1. The Hall–Kier alpha value is -1.46. The molecule has 1 fully saturated rings. The fourth-order valence-electron chi connectivity index (χ4n) is 1.96. The molecule has 1 saturated carbocycles. The minimum Gasteiger partial charge on any atom is -0.496 e. The predicted octanol–water partition coefficient (Wildman–Crippen LogP) is 2.39. The number of hydrogen-bond acceptors (Lipinski definition) is 5. The molecule has 4 nitrogen and oxygen atoms in total. The van der Waals surface area contributed by atoms with Gasteiger partial charge in [-0.15, -0.1) is 10.2 Å². The maximum absolute atomic E-state index is 5.36. The topological polar surface area (TPSA) is 47.0 Å². The van der Waals surface area contributed by atoms with Gasteiger partial charge in [0.25, 0.3) is 0 Å². The highest BCUT2D eigenvalue weighted by Gasteiger charge is 2.20. The number of rotatable bonds is 6. The van der Waals surface area contributed by atoms with Gasteiger partial charge in [-0.3, -0.25) is 0 Å². The molecule has 1 aromatic heterocycles. The van der Waals surface area contributed by atoms with Crippen molar-refractivity contribution in [3.8, 4) is 5.75 Å². The third-order valence-electron chi connectivity index (χ3n) is 3.16. The summed E-state index contributed by atoms with van der Waals surface area (Å²) >= 11 is 1.68. The Balaban J connectivity index is 1.65. The van der Waals surface area contributed by atoms with E-state index in [-0.39, 0.29) is 0 Å². The zero-order valence-corrected chi connectivity index (χ0v) is 11.7. The summed E-state index contributed by atoms with van der Waals surface area (Å²) in [4.78, 5) is 0. The highest BCUT2D eigenvalue weighted by Crippen LogP contribution is 2.23. The summed E-state index contributed by atoms with van der Waals surface area (Å²) in [6.45, 7) is 0.842. The third kappa shape index (κ3) is 3.30. The number of ether oxygens (including phenoxy) is 1. The standard InChI is InChI=1S/C14H17N3OS/c1-18-12-5-3-2-4-10(12)8-13-16-17-14(19-13)9-15-11-6-7-11/h2-5,11,15H,6-9H2,1H3. The second kappa shape index (κ2) is 5.67. The van der Waals surface area contributed by atoms with E-state index in [1.165, 1.54) is 12.8 Å². The van der Waals surface area contributed by atoms with Crippen LogP contribution in [0.15, 0.2) is 24.3 Å². The Bertz CT molecular complexity index is 551. The van der Waals surface area contributed by atoms with Crippen molar-refractivity contribution in [3.05, 3.63) is 39.8 Å². The van der Waals surface area contributed by atoms with Gasteiger partial charge in [0.05, 0.1) is 7.11 Å². The van der Waals surface area contributed by atoms with Gasteiger partial charge in [-0.25, -0.2) is 0 Å². The zero-order chi connectivity index (χ0) is 13.1. The first-order valence-corrected chi connectivity index (χ1v) is 7.33.